The van der Waals surface area contributed by atoms with Crippen LogP contribution >= 0.6 is 11.6 Å². The van der Waals surface area contributed by atoms with E-state index in [9.17, 15) is 9.59 Å². The summed E-state index contributed by atoms with van der Waals surface area (Å²) in [6, 6.07) is 13.6. The third-order valence-corrected chi connectivity index (χ3v) is 6.98. The van der Waals surface area contributed by atoms with Gasteiger partial charge in [-0.05, 0) is 49.8 Å². The molecule has 0 aromatic heterocycles. The molecule has 3 rings (SSSR count). The maximum absolute atomic E-state index is 13.3. The van der Waals surface area contributed by atoms with Crippen molar-refractivity contribution in [3.63, 3.8) is 0 Å². The van der Waals surface area contributed by atoms with Crippen molar-refractivity contribution in [3.8, 4) is 5.75 Å². The summed E-state index contributed by atoms with van der Waals surface area (Å²) in [5.74, 6) is 1.06. The minimum atomic E-state index is -0.133. The number of nitrogens with zero attached hydrogens (tertiary/aromatic N) is 3. The predicted molar refractivity (Wildman–Crippen MR) is 153 cm³/mol. The third kappa shape index (κ3) is 8.01. The van der Waals surface area contributed by atoms with E-state index in [1.165, 1.54) is 0 Å². The van der Waals surface area contributed by atoms with Crippen LogP contribution in [0.15, 0.2) is 42.5 Å². The molecule has 2 aromatic carbocycles. The van der Waals surface area contributed by atoms with Crippen molar-refractivity contribution in [2.24, 2.45) is 0 Å². The van der Waals surface area contributed by atoms with Gasteiger partial charge in [-0.2, -0.15) is 0 Å². The summed E-state index contributed by atoms with van der Waals surface area (Å²) >= 11 is 5.73. The van der Waals surface area contributed by atoms with Crippen LogP contribution in [-0.4, -0.2) is 82.1 Å². The van der Waals surface area contributed by atoms with Crippen molar-refractivity contribution in [2.75, 3.05) is 80.5 Å². The largest absolute Gasteiger partial charge is 0.495 e. The number of carbonyl (C=O) groups excluding carboxylic acids is 2. The monoisotopic (exact) mass is 529 g/mol. The van der Waals surface area contributed by atoms with Crippen molar-refractivity contribution < 1.29 is 14.3 Å². The van der Waals surface area contributed by atoms with Crippen LogP contribution in [0, 0.1) is 0 Å². The number of piperazine rings is 1. The number of ether oxygens (including phenoxy) is 1. The number of rotatable bonds is 13. The number of halogens is 1. The first-order chi connectivity index (χ1) is 18.0. The standard InChI is InChI=1S/C28H40ClN5O3/c1-4-32(5-2)16-15-30-28(36)23-21-22(31-27(35)11-8-14-29)12-13-24(23)33-17-19-34(20-18-33)25-9-6-7-10-26(25)37-3/h6-7,9-10,12-13,21H,4-5,8,11,14-20H2,1-3H3,(H,30,36)(H,31,35). The van der Waals surface area contributed by atoms with Gasteiger partial charge < -0.3 is 30.1 Å². The maximum atomic E-state index is 13.3. The van der Waals surface area contributed by atoms with E-state index in [4.69, 9.17) is 16.3 Å². The Bertz CT molecular complexity index is 1020. The van der Waals surface area contributed by atoms with Gasteiger partial charge in [0, 0.05) is 62.9 Å². The molecule has 1 fully saturated rings. The zero-order chi connectivity index (χ0) is 26.6. The fourth-order valence-electron chi connectivity index (χ4n) is 4.56. The molecule has 1 heterocycles. The summed E-state index contributed by atoms with van der Waals surface area (Å²) in [6.07, 6.45) is 0.961. The summed E-state index contributed by atoms with van der Waals surface area (Å²) in [4.78, 5) is 32.4. The maximum Gasteiger partial charge on any atom is 0.253 e. The first-order valence-corrected chi connectivity index (χ1v) is 13.7. The highest BCUT2D eigenvalue weighted by Crippen LogP contribution is 2.31. The molecule has 0 saturated carbocycles. The molecule has 0 bridgehead atoms. The Kier molecular flexibility index (Phi) is 11.4. The zero-order valence-electron chi connectivity index (χ0n) is 22.3. The van der Waals surface area contributed by atoms with Gasteiger partial charge in [0.15, 0.2) is 0 Å². The topological polar surface area (TPSA) is 77.2 Å². The van der Waals surface area contributed by atoms with Crippen LogP contribution in [0.1, 0.15) is 37.0 Å². The van der Waals surface area contributed by atoms with Crippen molar-refractivity contribution in [1.29, 1.82) is 0 Å². The Balaban J connectivity index is 1.76. The van der Waals surface area contributed by atoms with E-state index in [0.29, 0.717) is 36.5 Å². The summed E-state index contributed by atoms with van der Waals surface area (Å²) < 4.78 is 5.55. The van der Waals surface area contributed by atoms with E-state index in [1.54, 1.807) is 13.2 Å². The van der Waals surface area contributed by atoms with Gasteiger partial charge in [-0.1, -0.05) is 26.0 Å². The van der Waals surface area contributed by atoms with E-state index in [-0.39, 0.29) is 11.8 Å². The molecule has 2 aromatic rings. The molecule has 0 radical (unpaired) electrons. The van der Waals surface area contributed by atoms with E-state index < -0.39 is 0 Å². The molecule has 0 unspecified atom stereocenters. The lowest BCUT2D eigenvalue weighted by Gasteiger charge is -2.38. The van der Waals surface area contributed by atoms with Gasteiger partial charge in [-0.3, -0.25) is 9.59 Å². The van der Waals surface area contributed by atoms with E-state index in [0.717, 1.165) is 62.9 Å². The predicted octanol–water partition coefficient (Wildman–Crippen LogP) is 4.05. The minimum absolute atomic E-state index is 0.105. The molecule has 0 atom stereocenters. The molecule has 2 amide bonds. The lowest BCUT2D eigenvalue weighted by atomic mass is 10.1. The van der Waals surface area contributed by atoms with Gasteiger partial charge >= 0.3 is 0 Å². The molecule has 8 nitrogen and oxygen atoms in total. The Morgan fingerprint density at radius 1 is 1.00 bits per heavy atom. The van der Waals surface area contributed by atoms with Crippen LogP contribution in [0.5, 0.6) is 5.75 Å². The van der Waals surface area contributed by atoms with Gasteiger partial charge in [-0.15, -0.1) is 11.6 Å². The van der Waals surface area contributed by atoms with Crippen LogP contribution in [0.4, 0.5) is 17.1 Å². The summed E-state index contributed by atoms with van der Waals surface area (Å²) in [5, 5.41) is 5.99. The van der Waals surface area contributed by atoms with Crippen molar-refractivity contribution >= 4 is 40.5 Å². The number of nitrogens with one attached hydrogen (secondary N) is 2. The number of hydrogen-bond acceptors (Lipinski definition) is 6. The molecule has 2 N–H and O–H groups in total. The average molecular weight is 530 g/mol. The first kappa shape index (κ1) is 28.6. The SMILES string of the molecule is CCN(CC)CCNC(=O)c1cc(NC(=O)CCCCl)ccc1N1CCN(c2ccccc2OC)CC1. The van der Waals surface area contributed by atoms with Gasteiger partial charge in [-0.25, -0.2) is 0 Å². The molecular formula is C28H40ClN5O3. The highest BCUT2D eigenvalue weighted by atomic mass is 35.5. The quantitative estimate of drug-likeness (QED) is 0.381. The van der Waals surface area contributed by atoms with E-state index in [1.807, 2.05) is 30.3 Å². The molecule has 1 saturated heterocycles. The Labute approximate surface area is 225 Å². The zero-order valence-corrected chi connectivity index (χ0v) is 23.0. The molecule has 37 heavy (non-hydrogen) atoms. The first-order valence-electron chi connectivity index (χ1n) is 13.1. The normalized spacial score (nSPS) is 13.5. The van der Waals surface area contributed by atoms with E-state index in [2.05, 4.69) is 45.2 Å². The lowest BCUT2D eigenvalue weighted by molar-refractivity contribution is -0.116. The Morgan fingerprint density at radius 2 is 1.68 bits per heavy atom. The number of alkyl halides is 1. The summed E-state index contributed by atoms with van der Waals surface area (Å²) in [7, 11) is 1.69. The molecular weight excluding hydrogens is 490 g/mol. The number of para-hydroxylation sites is 2. The minimum Gasteiger partial charge on any atom is -0.495 e. The van der Waals surface area contributed by atoms with Gasteiger partial charge in [0.05, 0.1) is 18.4 Å². The van der Waals surface area contributed by atoms with Gasteiger partial charge in [0.25, 0.3) is 5.91 Å². The Morgan fingerprint density at radius 3 is 2.32 bits per heavy atom. The average Bonchev–Trinajstić information content (AvgIpc) is 2.94. The highest BCUT2D eigenvalue weighted by molar-refractivity contribution is 6.18. The third-order valence-electron chi connectivity index (χ3n) is 6.72. The molecule has 1 aliphatic rings. The lowest BCUT2D eigenvalue weighted by Crippen LogP contribution is -2.47. The fraction of sp³-hybridized carbons (Fsp3) is 0.500. The Hall–Kier alpha value is -2.97. The van der Waals surface area contributed by atoms with Crippen molar-refractivity contribution in [1.82, 2.24) is 10.2 Å². The second-order valence-electron chi connectivity index (χ2n) is 9.00. The smallest absolute Gasteiger partial charge is 0.253 e. The van der Waals surface area contributed by atoms with Gasteiger partial charge in [0.1, 0.15) is 5.75 Å². The van der Waals surface area contributed by atoms with Crippen LogP contribution in [0.25, 0.3) is 0 Å². The van der Waals surface area contributed by atoms with Crippen molar-refractivity contribution in [2.45, 2.75) is 26.7 Å². The van der Waals surface area contributed by atoms with Crippen LogP contribution in [0.2, 0.25) is 0 Å². The number of amides is 2. The molecule has 0 aliphatic carbocycles. The van der Waals surface area contributed by atoms with Gasteiger partial charge in [0.2, 0.25) is 5.91 Å². The second kappa shape index (κ2) is 14.7. The summed E-state index contributed by atoms with van der Waals surface area (Å²) in [6.45, 7) is 10.6. The van der Waals surface area contributed by atoms with Crippen molar-refractivity contribution in [3.05, 3.63) is 48.0 Å². The molecule has 0 spiro atoms. The number of hydrogen-bond donors (Lipinski definition) is 2. The van der Waals surface area contributed by atoms with E-state index >= 15 is 0 Å². The fourth-order valence-corrected chi connectivity index (χ4v) is 4.70. The summed E-state index contributed by atoms with van der Waals surface area (Å²) in [5.41, 5.74) is 3.14. The second-order valence-corrected chi connectivity index (χ2v) is 9.38. The number of benzene rings is 2. The highest BCUT2D eigenvalue weighted by Gasteiger charge is 2.24. The molecule has 9 heteroatoms. The molecule has 1 aliphatic heterocycles. The molecule has 202 valence electrons. The van der Waals surface area contributed by atoms with Crippen LogP contribution < -0.4 is 25.2 Å². The van der Waals surface area contributed by atoms with Crippen LogP contribution in [0.3, 0.4) is 0 Å². The number of anilines is 3. The number of methoxy groups -OCH3 is 1. The van der Waals surface area contributed by atoms with Crippen LogP contribution in [-0.2, 0) is 4.79 Å². The number of likely N-dealkylation sites (N-methyl/N-ethyl adjacent to an activating group) is 1. The number of carbonyl (C=O) groups is 2.